The van der Waals surface area contributed by atoms with Crippen molar-refractivity contribution in [3.63, 3.8) is 0 Å². The minimum atomic E-state index is -0.606. The molecule has 2 fully saturated rings. The van der Waals surface area contributed by atoms with E-state index in [0.29, 0.717) is 56.5 Å². The molecule has 3 N–H and O–H groups in total. The van der Waals surface area contributed by atoms with Gasteiger partial charge >= 0.3 is 18.2 Å². The Bertz CT molecular complexity index is 2550. The average Bonchev–Trinajstić information content (AvgIpc) is 3.38. The SMILES string of the molecule is COc1ccc(-c2ccc(NC(=O)N3CCN(C(=O)OC(C)(C)C)CC3COc3cccnc3)cc2)cc1.COc1ccc(-c2ccc(NC(=O)N3CCNCC3COc3cccnc3)cc2)cc1. The molecule has 69 heavy (non-hydrogen) atoms. The first-order valence-electron chi connectivity index (χ1n) is 22.8. The third-order valence-electron chi connectivity index (χ3n) is 11.3. The molecule has 16 nitrogen and oxygen atoms in total. The van der Waals surface area contributed by atoms with Crippen molar-refractivity contribution in [3.8, 4) is 45.3 Å². The van der Waals surface area contributed by atoms with Gasteiger partial charge in [-0.05, 0) is 116 Å². The van der Waals surface area contributed by atoms with Crippen LogP contribution >= 0.6 is 0 Å². The summed E-state index contributed by atoms with van der Waals surface area (Å²) in [4.78, 5) is 52.2. The zero-order chi connectivity index (χ0) is 48.6. The molecule has 16 heteroatoms. The number of amides is 5. The lowest BCUT2D eigenvalue weighted by atomic mass is 10.1. The summed E-state index contributed by atoms with van der Waals surface area (Å²) in [5, 5.41) is 9.32. The highest BCUT2D eigenvalue weighted by molar-refractivity contribution is 5.91. The third-order valence-corrected chi connectivity index (χ3v) is 11.3. The molecule has 360 valence electrons. The molecule has 0 radical (unpaired) electrons. The molecule has 2 unspecified atom stereocenters. The van der Waals surface area contributed by atoms with Crippen LogP contribution in [0.5, 0.6) is 23.0 Å². The summed E-state index contributed by atoms with van der Waals surface area (Å²) in [5.41, 5.74) is 5.07. The number of hydrogen-bond donors (Lipinski definition) is 3. The minimum absolute atomic E-state index is 0.0625. The van der Waals surface area contributed by atoms with Crippen LogP contribution in [0.25, 0.3) is 22.3 Å². The number of hydrogen-bond acceptors (Lipinski definition) is 11. The van der Waals surface area contributed by atoms with Gasteiger partial charge in [-0.15, -0.1) is 0 Å². The lowest BCUT2D eigenvalue weighted by Crippen LogP contribution is -2.59. The number of urea groups is 2. The van der Waals surface area contributed by atoms with Gasteiger partial charge in [0.2, 0.25) is 0 Å². The molecule has 0 bridgehead atoms. The summed E-state index contributed by atoms with van der Waals surface area (Å²) < 4.78 is 27.7. The van der Waals surface area contributed by atoms with Crippen molar-refractivity contribution in [3.05, 3.63) is 146 Å². The number of carbonyl (C=O) groups excluding carboxylic acids is 3. The van der Waals surface area contributed by atoms with E-state index in [1.54, 1.807) is 60.9 Å². The third kappa shape index (κ3) is 14.3. The lowest BCUT2D eigenvalue weighted by molar-refractivity contribution is 0.00538. The van der Waals surface area contributed by atoms with Gasteiger partial charge in [0.05, 0.1) is 38.7 Å². The first-order chi connectivity index (χ1) is 33.4. The second-order valence-electron chi connectivity index (χ2n) is 17.3. The summed E-state index contributed by atoms with van der Waals surface area (Å²) >= 11 is 0. The molecule has 0 aliphatic carbocycles. The number of benzene rings is 4. The fourth-order valence-corrected chi connectivity index (χ4v) is 7.63. The number of piperazine rings is 2. The summed E-state index contributed by atoms with van der Waals surface area (Å²) in [7, 11) is 3.29. The number of anilines is 2. The van der Waals surface area contributed by atoms with Gasteiger partial charge in [-0.3, -0.25) is 9.97 Å². The highest BCUT2D eigenvalue weighted by atomic mass is 16.6. The molecule has 0 saturated carbocycles. The van der Waals surface area contributed by atoms with E-state index in [2.05, 4.69) is 25.9 Å². The zero-order valence-electron chi connectivity index (χ0n) is 39.7. The molecule has 2 aliphatic rings. The fourth-order valence-electron chi connectivity index (χ4n) is 7.63. The molecule has 8 rings (SSSR count). The summed E-state index contributed by atoms with van der Waals surface area (Å²) in [6, 6.07) is 37.6. The largest absolute Gasteiger partial charge is 0.497 e. The maximum Gasteiger partial charge on any atom is 0.410 e. The van der Waals surface area contributed by atoms with E-state index in [-0.39, 0.29) is 30.8 Å². The maximum absolute atomic E-state index is 13.3. The molecule has 2 atom stereocenters. The van der Waals surface area contributed by atoms with Crippen LogP contribution in [0.15, 0.2) is 146 Å². The minimum Gasteiger partial charge on any atom is -0.497 e. The highest BCUT2D eigenvalue weighted by Crippen LogP contribution is 2.26. The number of aromatic nitrogens is 2. The normalized spacial score (nSPS) is 15.7. The predicted molar refractivity (Wildman–Crippen MR) is 266 cm³/mol. The number of ether oxygens (including phenoxy) is 5. The number of nitrogens with one attached hydrogen (secondary N) is 3. The van der Waals surface area contributed by atoms with Crippen molar-refractivity contribution in [2.45, 2.75) is 38.5 Å². The summed E-state index contributed by atoms with van der Waals surface area (Å²) in [6.45, 7) is 9.16. The molecular formula is C53H60N8O8. The van der Waals surface area contributed by atoms with Crippen molar-refractivity contribution in [2.75, 3.05) is 77.3 Å². The Morgan fingerprint density at radius 1 is 0.594 bits per heavy atom. The van der Waals surface area contributed by atoms with Crippen molar-refractivity contribution >= 4 is 29.5 Å². The van der Waals surface area contributed by atoms with E-state index in [4.69, 9.17) is 23.7 Å². The van der Waals surface area contributed by atoms with Gasteiger partial charge in [-0.25, -0.2) is 14.4 Å². The van der Waals surface area contributed by atoms with Crippen molar-refractivity contribution in [1.82, 2.24) is 30.0 Å². The average molecular weight is 937 g/mol. The van der Waals surface area contributed by atoms with Crippen molar-refractivity contribution in [2.24, 2.45) is 0 Å². The monoisotopic (exact) mass is 936 g/mol. The van der Waals surface area contributed by atoms with Gasteiger partial charge in [0, 0.05) is 63.0 Å². The second-order valence-corrected chi connectivity index (χ2v) is 17.3. The topological polar surface area (TPSA) is 169 Å². The van der Waals surface area contributed by atoms with E-state index in [1.807, 2.05) is 135 Å². The molecule has 2 aromatic heterocycles. The first-order valence-corrected chi connectivity index (χ1v) is 22.8. The van der Waals surface area contributed by atoms with Crippen LogP contribution in [0.4, 0.5) is 25.8 Å². The Balaban J connectivity index is 0.000000208. The second kappa shape index (κ2) is 23.7. The number of rotatable bonds is 12. The van der Waals surface area contributed by atoms with Crippen LogP contribution in [0.1, 0.15) is 20.8 Å². The van der Waals surface area contributed by atoms with E-state index in [9.17, 15) is 14.4 Å². The molecule has 5 amide bonds. The fraction of sp³-hybridized carbons (Fsp3) is 0.302. The van der Waals surface area contributed by atoms with Crippen LogP contribution in [0.3, 0.4) is 0 Å². The van der Waals surface area contributed by atoms with Crippen LogP contribution in [0.2, 0.25) is 0 Å². The Morgan fingerprint density at radius 2 is 1.04 bits per heavy atom. The van der Waals surface area contributed by atoms with E-state index >= 15 is 0 Å². The smallest absolute Gasteiger partial charge is 0.410 e. The Kier molecular flexibility index (Phi) is 16.9. The van der Waals surface area contributed by atoms with Gasteiger partial charge in [0.15, 0.2) is 0 Å². The summed E-state index contributed by atoms with van der Waals surface area (Å²) in [6.07, 6.45) is 6.25. The van der Waals surface area contributed by atoms with Gasteiger partial charge in [-0.2, -0.15) is 0 Å². The highest BCUT2D eigenvalue weighted by Gasteiger charge is 2.35. The Labute approximate surface area is 403 Å². The van der Waals surface area contributed by atoms with E-state index in [1.165, 1.54) is 0 Å². The molecule has 2 saturated heterocycles. The molecular weight excluding hydrogens is 877 g/mol. The standard InChI is InChI=1S/C29H34N4O5.C24H26N4O3/c1-29(2,3)38-28(35)32-16-17-33(24(19-32)20-37-26-6-5-15-30-18-26)27(34)31-23-11-7-21(8-12-23)22-9-13-25(36-4)14-10-22;1-30-22-10-6-19(7-11-22)18-4-8-20(9-5-18)27-24(29)28-14-13-26-15-21(28)17-31-23-3-2-12-25-16-23/h5-15,18,24H,16-17,19-20H2,1-4H3,(H,31,34);2-12,16,21,26H,13-15,17H2,1H3,(H,27,29). The molecule has 6 aromatic rings. The van der Waals surface area contributed by atoms with Crippen molar-refractivity contribution < 1.29 is 38.1 Å². The number of methoxy groups -OCH3 is 2. The van der Waals surface area contributed by atoms with Gasteiger partial charge in [0.25, 0.3) is 0 Å². The number of carbonyl (C=O) groups is 3. The van der Waals surface area contributed by atoms with Gasteiger partial charge in [-0.1, -0.05) is 48.5 Å². The quantitative estimate of drug-likeness (QED) is 0.107. The number of nitrogens with zero attached hydrogens (tertiary/aromatic N) is 5. The number of pyridine rings is 2. The van der Waals surface area contributed by atoms with Gasteiger partial charge < -0.3 is 54.3 Å². The molecule has 4 heterocycles. The molecule has 2 aliphatic heterocycles. The first kappa shape index (κ1) is 49.1. The van der Waals surface area contributed by atoms with Crippen LogP contribution in [0, 0.1) is 0 Å². The lowest BCUT2D eigenvalue weighted by Gasteiger charge is -2.41. The van der Waals surface area contributed by atoms with Crippen LogP contribution in [-0.4, -0.2) is 127 Å². The van der Waals surface area contributed by atoms with E-state index in [0.717, 1.165) is 46.0 Å². The molecule has 4 aromatic carbocycles. The molecule has 0 spiro atoms. The van der Waals surface area contributed by atoms with Crippen LogP contribution in [-0.2, 0) is 4.74 Å². The Morgan fingerprint density at radius 3 is 1.48 bits per heavy atom. The van der Waals surface area contributed by atoms with Gasteiger partial charge in [0.1, 0.15) is 41.8 Å². The van der Waals surface area contributed by atoms with Crippen LogP contribution < -0.4 is 34.9 Å². The maximum atomic E-state index is 13.3. The van der Waals surface area contributed by atoms with Crippen molar-refractivity contribution in [1.29, 1.82) is 0 Å². The zero-order valence-corrected chi connectivity index (χ0v) is 39.7. The van der Waals surface area contributed by atoms with E-state index < -0.39 is 11.7 Å². The Hall–Kier alpha value is -7.85. The summed E-state index contributed by atoms with van der Waals surface area (Å²) in [5.74, 6) is 2.91. The predicted octanol–water partition coefficient (Wildman–Crippen LogP) is 8.93.